The standard InChI is InChI=1S/C55H53N/c1-35-17-15-21-41(25-35)42(29-39-19-11-9-12-20-39)30-40-27-37(3)52-46-33-49-47(34-48(46)54(5,6)50(52)31-40)53-38(4)28-45(32-51(53)55(49,7)8)56(43-22-13-10-14-23-43)44-24-16-18-36(2)26-44/h9-28,31-34,42H,29-30H2,1-8H3. The summed E-state index contributed by atoms with van der Waals surface area (Å²) in [6.07, 6.45) is 2.04. The van der Waals surface area contributed by atoms with Crippen LogP contribution in [0.5, 0.6) is 0 Å². The number of hydrogen-bond donors (Lipinski definition) is 0. The van der Waals surface area contributed by atoms with Crippen molar-refractivity contribution in [3.8, 4) is 22.3 Å². The van der Waals surface area contributed by atoms with Crippen LogP contribution in [0.4, 0.5) is 17.1 Å². The summed E-state index contributed by atoms with van der Waals surface area (Å²) in [5.74, 6) is 0.402. The van der Waals surface area contributed by atoms with Gasteiger partial charge in [-0.2, -0.15) is 0 Å². The van der Waals surface area contributed by atoms with Gasteiger partial charge in [-0.15, -0.1) is 0 Å². The summed E-state index contributed by atoms with van der Waals surface area (Å²) in [6.45, 7) is 18.8. The number of fused-ring (bicyclic) bond motifs is 6. The fourth-order valence-corrected chi connectivity index (χ4v) is 10.1. The minimum atomic E-state index is -0.158. The van der Waals surface area contributed by atoms with Gasteiger partial charge in [0.15, 0.2) is 0 Å². The Morgan fingerprint density at radius 2 is 0.964 bits per heavy atom. The van der Waals surface area contributed by atoms with Crippen LogP contribution in [0.15, 0.2) is 146 Å². The molecule has 0 saturated heterocycles. The lowest BCUT2D eigenvalue weighted by Crippen LogP contribution is -2.18. The topological polar surface area (TPSA) is 3.24 Å². The van der Waals surface area contributed by atoms with Gasteiger partial charge in [0.05, 0.1) is 0 Å². The third-order valence-corrected chi connectivity index (χ3v) is 13.0. The third kappa shape index (κ3) is 6.00. The zero-order chi connectivity index (χ0) is 38.9. The molecule has 7 aromatic carbocycles. The summed E-state index contributed by atoms with van der Waals surface area (Å²) in [5, 5.41) is 0. The number of benzene rings is 7. The second-order valence-corrected chi connectivity index (χ2v) is 17.7. The van der Waals surface area contributed by atoms with Crippen LogP contribution in [0, 0.1) is 27.7 Å². The summed E-state index contributed by atoms with van der Waals surface area (Å²) < 4.78 is 0. The quantitative estimate of drug-likeness (QED) is 0.151. The van der Waals surface area contributed by atoms with Gasteiger partial charge in [0, 0.05) is 27.9 Å². The SMILES string of the molecule is Cc1cccc(C(Cc2ccccc2)Cc2cc(C)c3c(c2)C(C)(C)c2cc4c(cc2-3)C(C)(C)c2cc(N(c3ccccc3)c3cccc(C)c3)cc(C)c2-4)c1. The van der Waals surface area contributed by atoms with Gasteiger partial charge in [-0.1, -0.05) is 130 Å². The zero-order valence-corrected chi connectivity index (χ0v) is 34.3. The molecule has 0 saturated carbocycles. The molecule has 2 aliphatic carbocycles. The highest BCUT2D eigenvalue weighted by Gasteiger charge is 2.43. The highest BCUT2D eigenvalue weighted by Crippen LogP contribution is 2.58. The Morgan fingerprint density at radius 3 is 1.59 bits per heavy atom. The molecule has 2 aliphatic rings. The molecule has 0 bridgehead atoms. The van der Waals surface area contributed by atoms with Crippen LogP contribution in [0.2, 0.25) is 0 Å². The Labute approximate surface area is 334 Å². The van der Waals surface area contributed by atoms with E-state index in [2.05, 4.69) is 206 Å². The van der Waals surface area contributed by atoms with Crippen molar-refractivity contribution in [3.63, 3.8) is 0 Å². The average molecular weight is 728 g/mol. The Morgan fingerprint density at radius 1 is 0.429 bits per heavy atom. The van der Waals surface area contributed by atoms with E-state index in [0.29, 0.717) is 5.92 Å². The van der Waals surface area contributed by atoms with Crippen molar-refractivity contribution in [1.29, 1.82) is 0 Å². The summed E-state index contributed by atoms with van der Waals surface area (Å²) in [7, 11) is 0. The number of para-hydroxylation sites is 1. The minimum Gasteiger partial charge on any atom is -0.310 e. The second-order valence-electron chi connectivity index (χ2n) is 17.7. The molecule has 1 heteroatoms. The monoisotopic (exact) mass is 727 g/mol. The predicted molar refractivity (Wildman–Crippen MR) is 238 cm³/mol. The zero-order valence-electron chi connectivity index (χ0n) is 34.3. The number of hydrogen-bond acceptors (Lipinski definition) is 1. The second kappa shape index (κ2) is 13.5. The van der Waals surface area contributed by atoms with Gasteiger partial charge >= 0.3 is 0 Å². The van der Waals surface area contributed by atoms with Crippen LogP contribution in [-0.4, -0.2) is 0 Å². The van der Waals surface area contributed by atoms with Crippen molar-refractivity contribution in [3.05, 3.63) is 207 Å². The lowest BCUT2D eigenvalue weighted by atomic mass is 9.78. The van der Waals surface area contributed by atoms with E-state index in [0.717, 1.165) is 12.8 Å². The molecule has 56 heavy (non-hydrogen) atoms. The number of aryl methyl sites for hydroxylation is 4. The molecule has 0 fully saturated rings. The predicted octanol–water partition coefficient (Wildman–Crippen LogP) is 14.6. The molecule has 278 valence electrons. The van der Waals surface area contributed by atoms with Gasteiger partial charge in [-0.05, 0) is 173 Å². The van der Waals surface area contributed by atoms with Gasteiger partial charge in [0.1, 0.15) is 0 Å². The first-order valence-corrected chi connectivity index (χ1v) is 20.4. The number of anilines is 3. The van der Waals surface area contributed by atoms with Crippen LogP contribution in [0.3, 0.4) is 0 Å². The Kier molecular flexibility index (Phi) is 8.69. The van der Waals surface area contributed by atoms with E-state index in [9.17, 15) is 0 Å². The smallest absolute Gasteiger partial charge is 0.0467 e. The maximum Gasteiger partial charge on any atom is 0.0467 e. The van der Waals surface area contributed by atoms with Crippen LogP contribution < -0.4 is 4.90 Å². The lowest BCUT2D eigenvalue weighted by Gasteiger charge is -2.29. The number of nitrogens with zero attached hydrogens (tertiary/aromatic N) is 1. The van der Waals surface area contributed by atoms with Gasteiger partial charge < -0.3 is 4.90 Å². The van der Waals surface area contributed by atoms with Gasteiger partial charge in [0.25, 0.3) is 0 Å². The van der Waals surface area contributed by atoms with Gasteiger partial charge in [0.2, 0.25) is 0 Å². The maximum absolute atomic E-state index is 2.57. The Balaban J connectivity index is 1.12. The molecule has 7 aromatic rings. The summed E-state index contributed by atoms with van der Waals surface area (Å²) in [6, 6.07) is 54.9. The van der Waals surface area contributed by atoms with Crippen molar-refractivity contribution in [2.45, 2.75) is 85.0 Å². The molecular weight excluding hydrogens is 675 g/mol. The fraction of sp³-hybridized carbons (Fsp3) is 0.236. The highest BCUT2D eigenvalue weighted by molar-refractivity contribution is 5.93. The van der Waals surface area contributed by atoms with Crippen LogP contribution in [-0.2, 0) is 23.7 Å². The van der Waals surface area contributed by atoms with E-state index >= 15 is 0 Å². The van der Waals surface area contributed by atoms with Crippen molar-refractivity contribution in [2.24, 2.45) is 0 Å². The summed E-state index contributed by atoms with van der Waals surface area (Å²) >= 11 is 0. The molecule has 0 heterocycles. The molecule has 0 N–H and O–H groups in total. The molecule has 0 aliphatic heterocycles. The first kappa shape index (κ1) is 36.0. The molecule has 1 nitrogen and oxygen atoms in total. The molecule has 0 spiro atoms. The lowest BCUT2D eigenvalue weighted by molar-refractivity contribution is 0.647. The highest BCUT2D eigenvalue weighted by atomic mass is 15.1. The van der Waals surface area contributed by atoms with E-state index in [1.165, 1.54) is 101 Å². The molecule has 1 unspecified atom stereocenters. The molecule has 0 radical (unpaired) electrons. The van der Waals surface area contributed by atoms with Crippen molar-refractivity contribution < 1.29 is 0 Å². The van der Waals surface area contributed by atoms with E-state index in [1.807, 2.05) is 0 Å². The van der Waals surface area contributed by atoms with Crippen LogP contribution in [0.1, 0.15) is 94.8 Å². The Bertz CT molecular complexity index is 2620. The van der Waals surface area contributed by atoms with E-state index in [1.54, 1.807) is 0 Å². The fourth-order valence-electron chi connectivity index (χ4n) is 10.1. The van der Waals surface area contributed by atoms with Crippen molar-refractivity contribution in [2.75, 3.05) is 4.90 Å². The number of rotatable bonds is 8. The largest absolute Gasteiger partial charge is 0.310 e. The van der Waals surface area contributed by atoms with E-state index in [4.69, 9.17) is 0 Å². The molecule has 1 atom stereocenters. The normalized spacial score (nSPS) is 14.8. The Hall–Kier alpha value is -5.66. The molecule has 0 amide bonds. The summed E-state index contributed by atoms with van der Waals surface area (Å²) in [4.78, 5) is 2.42. The van der Waals surface area contributed by atoms with Crippen molar-refractivity contribution in [1.82, 2.24) is 0 Å². The minimum absolute atomic E-state index is 0.116. The van der Waals surface area contributed by atoms with E-state index < -0.39 is 0 Å². The van der Waals surface area contributed by atoms with Crippen LogP contribution >= 0.6 is 0 Å². The van der Waals surface area contributed by atoms with E-state index in [-0.39, 0.29) is 10.8 Å². The first-order valence-electron chi connectivity index (χ1n) is 20.4. The average Bonchev–Trinajstić information content (AvgIpc) is 3.54. The summed E-state index contributed by atoms with van der Waals surface area (Å²) in [5.41, 5.74) is 24.2. The maximum atomic E-state index is 2.57. The molecular formula is C55H53N. The van der Waals surface area contributed by atoms with Crippen molar-refractivity contribution >= 4 is 17.1 Å². The van der Waals surface area contributed by atoms with Crippen LogP contribution in [0.25, 0.3) is 22.3 Å². The molecule has 9 rings (SSSR count). The molecule has 0 aromatic heterocycles. The first-order chi connectivity index (χ1) is 26.9. The van der Waals surface area contributed by atoms with Gasteiger partial charge in [-0.3, -0.25) is 0 Å². The third-order valence-electron chi connectivity index (χ3n) is 13.0. The van der Waals surface area contributed by atoms with Gasteiger partial charge in [-0.25, -0.2) is 0 Å².